The summed E-state index contributed by atoms with van der Waals surface area (Å²) in [7, 11) is 1.44. The maximum absolute atomic E-state index is 13.1. The average Bonchev–Trinajstić information content (AvgIpc) is 3.23. The number of halogens is 1. The molecule has 42 heavy (non-hydrogen) atoms. The zero-order valence-corrected chi connectivity index (χ0v) is 24.5. The lowest BCUT2D eigenvalue weighted by molar-refractivity contribution is -0.123. The number of benzene rings is 4. The minimum Gasteiger partial charge on any atom is -0.493 e. The third-order valence-corrected chi connectivity index (χ3v) is 7.58. The third-order valence-electron chi connectivity index (χ3n) is 6.39. The predicted molar refractivity (Wildman–Crippen MR) is 165 cm³/mol. The smallest absolute Gasteiger partial charge is 0.293 e. The second-order valence-electron chi connectivity index (χ2n) is 9.40. The van der Waals surface area contributed by atoms with Gasteiger partial charge in [0.1, 0.15) is 12.4 Å². The molecule has 1 N–H and O–H groups in total. The zero-order chi connectivity index (χ0) is 29.6. The van der Waals surface area contributed by atoms with Crippen molar-refractivity contribution in [3.05, 3.63) is 99.9 Å². The molecule has 8 nitrogen and oxygen atoms in total. The average molecular weight is 603 g/mol. The van der Waals surface area contributed by atoms with Gasteiger partial charge < -0.3 is 19.5 Å². The Hall–Kier alpha value is -4.47. The number of carbonyl (C=O) groups excluding carboxylic acids is 3. The monoisotopic (exact) mass is 602 g/mol. The molecule has 0 atom stereocenters. The summed E-state index contributed by atoms with van der Waals surface area (Å²) in [6, 6.07) is 24.2. The minimum absolute atomic E-state index is 0.104. The van der Waals surface area contributed by atoms with Crippen molar-refractivity contribution in [2.75, 3.05) is 32.2 Å². The predicted octanol–water partition coefficient (Wildman–Crippen LogP) is 6.94. The number of anilines is 1. The Labute approximate surface area is 252 Å². The number of aryl methyl sites for hydroxylation is 1. The standard InChI is InChI=1S/C32H27ClN2O6S/c1-20-7-5-10-23(15-20)34-29(36)19-41-30-25(33)16-21(17-27(30)39-2)18-28-31(37)35(32(38)42-28)13-14-40-26-12-6-9-22-8-3-4-11-24(22)26/h3-12,15-18H,13-14,19H2,1-2H3,(H,34,36)/b28-18-. The van der Waals surface area contributed by atoms with Crippen LogP contribution in [0.2, 0.25) is 5.02 Å². The number of hydrogen-bond acceptors (Lipinski definition) is 7. The van der Waals surface area contributed by atoms with Gasteiger partial charge in [-0.25, -0.2) is 0 Å². The van der Waals surface area contributed by atoms with Gasteiger partial charge in [-0.15, -0.1) is 0 Å². The van der Waals surface area contributed by atoms with Crippen molar-refractivity contribution in [3.63, 3.8) is 0 Å². The molecular formula is C32H27ClN2O6S. The van der Waals surface area contributed by atoms with E-state index in [0.29, 0.717) is 17.0 Å². The van der Waals surface area contributed by atoms with Crippen molar-refractivity contribution >= 4 is 63.0 Å². The number of methoxy groups -OCH3 is 1. The molecule has 0 unspecified atom stereocenters. The van der Waals surface area contributed by atoms with Gasteiger partial charge in [0, 0.05) is 11.1 Å². The highest BCUT2D eigenvalue weighted by Gasteiger charge is 2.35. The number of rotatable bonds is 10. The van der Waals surface area contributed by atoms with E-state index in [9.17, 15) is 14.4 Å². The fraction of sp³-hybridized carbons (Fsp3) is 0.156. The number of nitrogens with zero attached hydrogens (tertiary/aromatic N) is 1. The van der Waals surface area contributed by atoms with E-state index in [2.05, 4.69) is 5.32 Å². The molecule has 0 bridgehead atoms. The molecule has 214 valence electrons. The summed E-state index contributed by atoms with van der Waals surface area (Å²) in [5.74, 6) is 0.372. The number of fused-ring (bicyclic) bond motifs is 1. The van der Waals surface area contributed by atoms with Gasteiger partial charge in [0.05, 0.1) is 23.6 Å². The Morgan fingerprint density at radius 2 is 1.76 bits per heavy atom. The van der Waals surface area contributed by atoms with E-state index in [1.165, 1.54) is 7.11 Å². The Morgan fingerprint density at radius 3 is 2.57 bits per heavy atom. The molecule has 1 aliphatic rings. The van der Waals surface area contributed by atoms with Crippen LogP contribution in [0.3, 0.4) is 0 Å². The topological polar surface area (TPSA) is 94.2 Å². The lowest BCUT2D eigenvalue weighted by atomic mass is 10.1. The highest BCUT2D eigenvalue weighted by Crippen LogP contribution is 2.39. The van der Waals surface area contributed by atoms with Crippen molar-refractivity contribution in [1.82, 2.24) is 4.90 Å². The third kappa shape index (κ3) is 6.70. The lowest BCUT2D eigenvalue weighted by Crippen LogP contribution is -2.32. The number of hydrogen-bond donors (Lipinski definition) is 1. The first-order valence-corrected chi connectivity index (χ1v) is 14.2. The molecule has 10 heteroatoms. The SMILES string of the molecule is COc1cc(/C=C2\SC(=O)N(CCOc3cccc4ccccc34)C2=O)cc(Cl)c1OCC(=O)Nc1cccc(C)c1. The molecule has 0 spiro atoms. The molecule has 5 rings (SSSR count). The second-order valence-corrected chi connectivity index (χ2v) is 10.8. The molecule has 1 aliphatic heterocycles. The highest BCUT2D eigenvalue weighted by atomic mass is 35.5. The van der Waals surface area contributed by atoms with E-state index in [-0.39, 0.29) is 52.3 Å². The van der Waals surface area contributed by atoms with E-state index in [1.54, 1.807) is 24.3 Å². The first kappa shape index (κ1) is 29.0. The van der Waals surface area contributed by atoms with Crippen LogP contribution in [-0.2, 0) is 9.59 Å². The molecule has 1 heterocycles. The summed E-state index contributed by atoms with van der Waals surface area (Å²) >= 11 is 7.31. The van der Waals surface area contributed by atoms with Crippen LogP contribution in [0.5, 0.6) is 17.2 Å². The summed E-state index contributed by atoms with van der Waals surface area (Å²) in [5, 5.41) is 4.57. The van der Waals surface area contributed by atoms with Crippen LogP contribution < -0.4 is 19.5 Å². The summed E-state index contributed by atoms with van der Waals surface area (Å²) in [6.45, 7) is 1.90. The first-order valence-electron chi connectivity index (χ1n) is 13.0. The van der Waals surface area contributed by atoms with Crippen molar-refractivity contribution in [2.45, 2.75) is 6.92 Å². The summed E-state index contributed by atoms with van der Waals surface area (Å²) in [4.78, 5) is 39.5. The van der Waals surface area contributed by atoms with Gasteiger partial charge in [-0.2, -0.15) is 0 Å². The number of amides is 3. The summed E-state index contributed by atoms with van der Waals surface area (Å²) in [6.07, 6.45) is 1.57. The van der Waals surface area contributed by atoms with Gasteiger partial charge in [0.2, 0.25) is 0 Å². The highest BCUT2D eigenvalue weighted by molar-refractivity contribution is 8.18. The molecule has 4 aromatic rings. The van der Waals surface area contributed by atoms with Crippen LogP contribution in [0.25, 0.3) is 16.8 Å². The largest absolute Gasteiger partial charge is 0.493 e. The quantitative estimate of drug-likeness (QED) is 0.196. The van der Waals surface area contributed by atoms with Crippen molar-refractivity contribution < 1.29 is 28.6 Å². The van der Waals surface area contributed by atoms with Gasteiger partial charge in [-0.3, -0.25) is 19.3 Å². The van der Waals surface area contributed by atoms with Gasteiger partial charge in [-0.1, -0.05) is 60.1 Å². The van der Waals surface area contributed by atoms with Crippen LogP contribution in [0, 0.1) is 6.92 Å². The lowest BCUT2D eigenvalue weighted by Gasteiger charge is -2.14. The van der Waals surface area contributed by atoms with Gasteiger partial charge in [0.15, 0.2) is 18.1 Å². The second kappa shape index (κ2) is 13.0. The number of nitrogens with one attached hydrogen (secondary N) is 1. The van der Waals surface area contributed by atoms with E-state index >= 15 is 0 Å². The van der Waals surface area contributed by atoms with E-state index in [1.807, 2.05) is 67.6 Å². The number of thioether (sulfide) groups is 1. The molecule has 0 radical (unpaired) electrons. The summed E-state index contributed by atoms with van der Waals surface area (Å²) < 4.78 is 17.0. The Balaban J connectivity index is 1.22. The molecule has 0 aliphatic carbocycles. The normalized spacial score (nSPS) is 14.0. The van der Waals surface area contributed by atoms with Crippen LogP contribution in [-0.4, -0.2) is 48.8 Å². The molecule has 4 aromatic carbocycles. The first-order chi connectivity index (χ1) is 20.3. The number of carbonyl (C=O) groups is 3. The number of ether oxygens (including phenoxy) is 3. The summed E-state index contributed by atoms with van der Waals surface area (Å²) in [5.41, 5.74) is 2.21. The Morgan fingerprint density at radius 1 is 0.976 bits per heavy atom. The van der Waals surface area contributed by atoms with Crippen molar-refractivity contribution in [1.29, 1.82) is 0 Å². The van der Waals surface area contributed by atoms with Gasteiger partial charge in [-0.05, 0) is 71.6 Å². The van der Waals surface area contributed by atoms with Crippen LogP contribution in [0.4, 0.5) is 10.5 Å². The fourth-order valence-corrected chi connectivity index (χ4v) is 5.57. The van der Waals surface area contributed by atoms with Crippen LogP contribution in [0.15, 0.2) is 83.8 Å². The van der Waals surface area contributed by atoms with Crippen molar-refractivity contribution in [2.24, 2.45) is 0 Å². The molecule has 1 fully saturated rings. The molecular weight excluding hydrogens is 576 g/mol. The van der Waals surface area contributed by atoms with Crippen LogP contribution >= 0.6 is 23.4 Å². The Kier molecular flexibility index (Phi) is 9.00. The van der Waals surface area contributed by atoms with E-state index in [4.69, 9.17) is 25.8 Å². The molecule has 3 amide bonds. The molecule has 0 aromatic heterocycles. The Bertz CT molecular complexity index is 1700. The zero-order valence-electron chi connectivity index (χ0n) is 22.9. The van der Waals surface area contributed by atoms with E-state index < -0.39 is 5.91 Å². The maximum atomic E-state index is 13.1. The minimum atomic E-state index is -0.422. The van der Waals surface area contributed by atoms with Gasteiger partial charge in [0.25, 0.3) is 17.1 Å². The van der Waals surface area contributed by atoms with E-state index in [0.717, 1.165) is 33.0 Å². The molecule has 1 saturated heterocycles. The molecule has 0 saturated carbocycles. The van der Waals surface area contributed by atoms with Crippen molar-refractivity contribution in [3.8, 4) is 17.2 Å². The van der Waals surface area contributed by atoms with Gasteiger partial charge >= 0.3 is 0 Å². The number of imide groups is 1. The fourth-order valence-electron chi connectivity index (χ4n) is 4.43. The van der Waals surface area contributed by atoms with Crippen LogP contribution in [0.1, 0.15) is 11.1 Å². The maximum Gasteiger partial charge on any atom is 0.293 e.